The number of rotatable bonds is 4. The molecule has 1 aromatic heterocycles. The molecule has 2 heterocycles. The summed E-state index contributed by atoms with van der Waals surface area (Å²) < 4.78 is 16.3. The van der Waals surface area contributed by atoms with Gasteiger partial charge in [-0.15, -0.1) is 0 Å². The zero-order chi connectivity index (χ0) is 25.6. The Morgan fingerprint density at radius 2 is 1.61 bits per heavy atom. The molecule has 8 heteroatoms. The largest absolute Gasteiger partial charge is 0.339 e. The summed E-state index contributed by atoms with van der Waals surface area (Å²) in [5.41, 5.74) is 0.776. The third kappa shape index (κ3) is 4.64. The summed E-state index contributed by atoms with van der Waals surface area (Å²) in [6.45, 7) is 7.51. The Hall–Kier alpha value is -3.55. The summed E-state index contributed by atoms with van der Waals surface area (Å²) >= 11 is 0. The lowest BCUT2D eigenvalue weighted by molar-refractivity contribution is -0.134. The van der Waals surface area contributed by atoms with E-state index in [0.717, 1.165) is 23.8 Å². The van der Waals surface area contributed by atoms with Crippen LogP contribution in [0.5, 0.6) is 0 Å². The zero-order valence-corrected chi connectivity index (χ0v) is 21.0. The Morgan fingerprint density at radius 3 is 2.25 bits per heavy atom. The fourth-order valence-corrected chi connectivity index (χ4v) is 4.77. The van der Waals surface area contributed by atoms with E-state index in [1.165, 1.54) is 10.7 Å². The van der Waals surface area contributed by atoms with Gasteiger partial charge in [-0.05, 0) is 57.4 Å². The van der Waals surface area contributed by atoms with Crippen molar-refractivity contribution in [2.45, 2.75) is 45.6 Å². The number of benzene rings is 2. The van der Waals surface area contributed by atoms with Crippen molar-refractivity contribution in [3.05, 3.63) is 75.5 Å². The highest BCUT2D eigenvalue weighted by Gasteiger charge is 2.35. The van der Waals surface area contributed by atoms with Gasteiger partial charge in [0.1, 0.15) is 5.82 Å². The third-order valence-corrected chi connectivity index (χ3v) is 6.95. The molecule has 7 nitrogen and oxygen atoms in total. The normalized spacial score (nSPS) is 16.4. The molecular weight excluding hydrogens is 459 g/mol. The molecule has 1 aliphatic carbocycles. The topological polar surface area (TPSA) is 75.5 Å². The van der Waals surface area contributed by atoms with E-state index in [1.807, 2.05) is 43.9 Å². The van der Waals surface area contributed by atoms with Crippen LogP contribution in [0, 0.1) is 11.7 Å². The van der Waals surface area contributed by atoms with Gasteiger partial charge in [-0.2, -0.15) is 5.10 Å². The predicted molar refractivity (Wildman–Crippen MR) is 135 cm³/mol. The number of aromatic nitrogens is 2. The Labute approximate surface area is 209 Å². The molecule has 36 heavy (non-hydrogen) atoms. The van der Waals surface area contributed by atoms with Gasteiger partial charge in [0, 0.05) is 43.9 Å². The van der Waals surface area contributed by atoms with E-state index >= 15 is 0 Å². The van der Waals surface area contributed by atoms with Crippen molar-refractivity contribution < 1.29 is 14.0 Å². The molecule has 0 spiro atoms. The molecule has 3 aromatic rings. The highest BCUT2D eigenvalue weighted by Crippen LogP contribution is 2.31. The van der Waals surface area contributed by atoms with Crippen LogP contribution in [0.3, 0.4) is 0 Å². The summed E-state index contributed by atoms with van der Waals surface area (Å²) in [6.07, 6.45) is 2.25. The van der Waals surface area contributed by atoms with Gasteiger partial charge in [0.2, 0.25) is 5.91 Å². The molecule has 2 aliphatic rings. The van der Waals surface area contributed by atoms with Crippen molar-refractivity contribution in [1.29, 1.82) is 0 Å². The first-order valence-corrected chi connectivity index (χ1v) is 12.5. The number of nitrogens with zero attached hydrogens (tertiary/aromatic N) is 4. The Morgan fingerprint density at radius 1 is 0.972 bits per heavy atom. The molecule has 2 fully saturated rings. The maximum atomic E-state index is 14.8. The van der Waals surface area contributed by atoms with E-state index < -0.39 is 11.4 Å². The van der Waals surface area contributed by atoms with Gasteiger partial charge in [0.25, 0.3) is 11.5 Å². The Bertz CT molecular complexity index is 1400. The molecule has 0 N–H and O–H groups in total. The van der Waals surface area contributed by atoms with Crippen LogP contribution in [0.15, 0.2) is 47.3 Å². The van der Waals surface area contributed by atoms with E-state index in [0.29, 0.717) is 43.7 Å². The maximum Gasteiger partial charge on any atom is 0.275 e. The second kappa shape index (κ2) is 9.15. The fraction of sp³-hybridized carbons (Fsp3) is 0.429. The SMILES string of the molecule is CC(C)(C)n1nc(Cc2ccc(F)c(C(=O)N3CCN(C(=O)C4CC4)CC3)c2)c2ccccc2c1=O. The third-order valence-electron chi connectivity index (χ3n) is 6.95. The average molecular weight is 491 g/mol. The zero-order valence-electron chi connectivity index (χ0n) is 21.0. The molecule has 2 amide bonds. The molecule has 2 aromatic carbocycles. The molecule has 0 radical (unpaired) electrons. The van der Waals surface area contributed by atoms with Gasteiger partial charge < -0.3 is 9.80 Å². The van der Waals surface area contributed by atoms with E-state index in [2.05, 4.69) is 5.10 Å². The van der Waals surface area contributed by atoms with Crippen LogP contribution < -0.4 is 5.56 Å². The van der Waals surface area contributed by atoms with E-state index in [-0.39, 0.29) is 28.9 Å². The maximum absolute atomic E-state index is 14.8. The minimum absolute atomic E-state index is 0.0166. The van der Waals surface area contributed by atoms with Crippen LogP contribution >= 0.6 is 0 Å². The molecule has 0 atom stereocenters. The summed E-state index contributed by atoms with van der Waals surface area (Å²) in [7, 11) is 0. The minimum Gasteiger partial charge on any atom is -0.339 e. The number of hydrogen-bond acceptors (Lipinski definition) is 4. The smallest absolute Gasteiger partial charge is 0.275 e. The van der Waals surface area contributed by atoms with Gasteiger partial charge in [-0.25, -0.2) is 9.07 Å². The first-order chi connectivity index (χ1) is 17.1. The Balaban J connectivity index is 1.41. The van der Waals surface area contributed by atoms with Crippen LogP contribution in [0.4, 0.5) is 4.39 Å². The van der Waals surface area contributed by atoms with Gasteiger partial charge in [0.15, 0.2) is 0 Å². The van der Waals surface area contributed by atoms with Crippen molar-refractivity contribution in [3.63, 3.8) is 0 Å². The number of fused-ring (bicyclic) bond motifs is 1. The van der Waals surface area contributed by atoms with E-state index in [1.54, 1.807) is 23.1 Å². The summed E-state index contributed by atoms with van der Waals surface area (Å²) in [5, 5.41) is 6.00. The number of hydrogen-bond donors (Lipinski definition) is 0. The number of halogens is 1. The lowest BCUT2D eigenvalue weighted by Crippen LogP contribution is -2.51. The lowest BCUT2D eigenvalue weighted by Gasteiger charge is -2.35. The summed E-state index contributed by atoms with van der Waals surface area (Å²) in [4.78, 5) is 42.0. The second-order valence-electron chi connectivity index (χ2n) is 10.8. The van der Waals surface area contributed by atoms with Crippen molar-refractivity contribution >= 4 is 22.6 Å². The van der Waals surface area contributed by atoms with E-state index in [4.69, 9.17) is 0 Å². The van der Waals surface area contributed by atoms with Crippen molar-refractivity contribution in [2.24, 2.45) is 5.92 Å². The van der Waals surface area contributed by atoms with Crippen molar-refractivity contribution in [1.82, 2.24) is 19.6 Å². The predicted octanol–water partition coefficient (Wildman–Crippen LogP) is 3.58. The van der Waals surface area contributed by atoms with Crippen LogP contribution in [0.25, 0.3) is 10.8 Å². The molecule has 1 saturated heterocycles. The monoisotopic (exact) mass is 490 g/mol. The molecule has 0 unspecified atom stereocenters. The highest BCUT2D eigenvalue weighted by atomic mass is 19.1. The quantitative estimate of drug-likeness (QED) is 0.560. The standard InChI is InChI=1S/C28H31FN4O3/c1-28(2,3)33-27(36)21-7-5-4-6-20(21)24(30-33)17-18-8-11-23(29)22(16-18)26(35)32-14-12-31(13-15-32)25(34)19-9-10-19/h4-8,11,16,19H,9-10,12-15,17H2,1-3H3. The first-order valence-electron chi connectivity index (χ1n) is 12.5. The molecular formula is C28H31FN4O3. The summed E-state index contributed by atoms with van der Waals surface area (Å²) in [6, 6.07) is 11.9. The molecule has 0 bridgehead atoms. The first kappa shape index (κ1) is 24.2. The van der Waals surface area contributed by atoms with Crippen LogP contribution in [-0.2, 0) is 16.8 Å². The molecule has 1 saturated carbocycles. The number of amides is 2. The lowest BCUT2D eigenvalue weighted by atomic mass is 10.0. The van der Waals surface area contributed by atoms with Crippen LogP contribution in [-0.4, -0.2) is 57.6 Å². The molecule has 5 rings (SSSR count). The number of carbonyl (C=O) groups excluding carboxylic acids is 2. The van der Waals surface area contributed by atoms with Crippen molar-refractivity contribution in [3.8, 4) is 0 Å². The molecule has 188 valence electrons. The highest BCUT2D eigenvalue weighted by molar-refractivity contribution is 5.95. The van der Waals surface area contributed by atoms with Gasteiger partial charge in [0.05, 0.1) is 22.2 Å². The van der Waals surface area contributed by atoms with Crippen LogP contribution in [0.1, 0.15) is 55.2 Å². The van der Waals surface area contributed by atoms with Crippen molar-refractivity contribution in [2.75, 3.05) is 26.2 Å². The van der Waals surface area contributed by atoms with Gasteiger partial charge in [-0.3, -0.25) is 14.4 Å². The fourth-order valence-electron chi connectivity index (χ4n) is 4.77. The van der Waals surface area contributed by atoms with E-state index in [9.17, 15) is 18.8 Å². The number of piperazine rings is 1. The average Bonchev–Trinajstić information content (AvgIpc) is 3.71. The van der Waals surface area contributed by atoms with Gasteiger partial charge >= 0.3 is 0 Å². The second-order valence-corrected chi connectivity index (χ2v) is 10.8. The minimum atomic E-state index is -0.572. The number of carbonyl (C=O) groups is 2. The Kier molecular flexibility index (Phi) is 6.14. The van der Waals surface area contributed by atoms with Crippen LogP contribution in [0.2, 0.25) is 0 Å². The molecule has 1 aliphatic heterocycles. The van der Waals surface area contributed by atoms with Gasteiger partial charge in [-0.1, -0.05) is 24.3 Å². The summed E-state index contributed by atoms with van der Waals surface area (Å²) in [5.74, 6) is -0.617.